The number of benzene rings is 1. The monoisotopic (exact) mass is 320 g/mol. The minimum Gasteiger partial charge on any atom is -0.326 e. The number of sulfonamides is 1. The second kappa shape index (κ2) is 5.97. The first-order valence-corrected chi connectivity index (χ1v) is 8.43. The van der Waals surface area contributed by atoms with Gasteiger partial charge in [-0.15, -0.1) is 0 Å². The SMILES string of the molecule is CCCN(C1CC1)S(=O)(=O)c1cc(F)c(Cl)c(CN)c1. The topological polar surface area (TPSA) is 63.4 Å². The zero-order valence-corrected chi connectivity index (χ0v) is 12.8. The number of hydrogen-bond acceptors (Lipinski definition) is 3. The molecule has 1 aromatic rings. The van der Waals surface area contributed by atoms with E-state index >= 15 is 0 Å². The largest absolute Gasteiger partial charge is 0.326 e. The Balaban J connectivity index is 2.45. The van der Waals surface area contributed by atoms with Crippen LogP contribution in [-0.4, -0.2) is 25.3 Å². The zero-order valence-electron chi connectivity index (χ0n) is 11.3. The molecule has 2 N–H and O–H groups in total. The van der Waals surface area contributed by atoms with Crippen molar-refractivity contribution in [1.82, 2.24) is 4.31 Å². The highest BCUT2D eigenvalue weighted by Gasteiger charge is 2.37. The molecule has 1 saturated carbocycles. The standard InChI is InChI=1S/C13H18ClFN2O2S/c1-2-5-17(10-3-4-10)20(18,19)11-6-9(8-16)13(14)12(15)7-11/h6-7,10H,2-5,8,16H2,1H3. The van der Waals surface area contributed by atoms with E-state index < -0.39 is 15.8 Å². The van der Waals surface area contributed by atoms with Crippen molar-refractivity contribution in [1.29, 1.82) is 0 Å². The molecule has 0 spiro atoms. The maximum atomic E-state index is 13.8. The summed E-state index contributed by atoms with van der Waals surface area (Å²) >= 11 is 5.77. The van der Waals surface area contributed by atoms with Crippen LogP contribution in [0.25, 0.3) is 0 Å². The molecule has 20 heavy (non-hydrogen) atoms. The average Bonchev–Trinajstić information content (AvgIpc) is 3.22. The molecule has 0 radical (unpaired) electrons. The molecule has 1 fully saturated rings. The predicted octanol–water partition coefficient (Wildman–Crippen LogP) is 2.50. The maximum Gasteiger partial charge on any atom is 0.243 e. The summed E-state index contributed by atoms with van der Waals surface area (Å²) in [4.78, 5) is -0.0693. The number of nitrogens with zero attached hydrogens (tertiary/aromatic N) is 1. The number of halogens is 2. The molecule has 1 aliphatic rings. The fourth-order valence-corrected chi connectivity index (χ4v) is 4.16. The molecule has 7 heteroatoms. The van der Waals surface area contributed by atoms with Gasteiger partial charge in [0.15, 0.2) is 0 Å². The van der Waals surface area contributed by atoms with Crippen molar-refractivity contribution < 1.29 is 12.8 Å². The van der Waals surface area contributed by atoms with Crippen LogP contribution in [0, 0.1) is 5.82 Å². The molecule has 0 saturated heterocycles. The Hall–Kier alpha value is -0.690. The van der Waals surface area contributed by atoms with E-state index in [2.05, 4.69) is 0 Å². The third-order valence-corrected chi connectivity index (χ3v) is 5.65. The molecule has 0 heterocycles. The number of nitrogens with two attached hydrogens (primary N) is 1. The van der Waals surface area contributed by atoms with Gasteiger partial charge in [0, 0.05) is 19.1 Å². The highest BCUT2D eigenvalue weighted by atomic mass is 35.5. The van der Waals surface area contributed by atoms with Crippen LogP contribution in [0.2, 0.25) is 5.02 Å². The van der Waals surface area contributed by atoms with Crippen LogP contribution in [0.5, 0.6) is 0 Å². The zero-order chi connectivity index (χ0) is 14.9. The molecule has 0 atom stereocenters. The van der Waals surface area contributed by atoms with E-state index in [1.165, 1.54) is 10.4 Å². The summed E-state index contributed by atoms with van der Waals surface area (Å²) < 4.78 is 40.4. The molecular formula is C13H18ClFN2O2S. The molecule has 1 aliphatic carbocycles. The van der Waals surface area contributed by atoms with Gasteiger partial charge in [-0.1, -0.05) is 18.5 Å². The maximum absolute atomic E-state index is 13.8. The normalized spacial score (nSPS) is 15.8. The van der Waals surface area contributed by atoms with E-state index in [1.54, 1.807) is 0 Å². The van der Waals surface area contributed by atoms with Crippen LogP contribution in [0.3, 0.4) is 0 Å². The van der Waals surface area contributed by atoms with Crippen LogP contribution < -0.4 is 5.73 Å². The lowest BCUT2D eigenvalue weighted by Crippen LogP contribution is -2.34. The number of rotatable bonds is 6. The van der Waals surface area contributed by atoms with E-state index in [4.69, 9.17) is 17.3 Å². The van der Waals surface area contributed by atoms with Crippen LogP contribution >= 0.6 is 11.6 Å². The third-order valence-electron chi connectivity index (χ3n) is 3.30. The molecule has 4 nitrogen and oxygen atoms in total. The van der Waals surface area contributed by atoms with Crippen LogP contribution in [0.15, 0.2) is 17.0 Å². The molecule has 0 bridgehead atoms. The van der Waals surface area contributed by atoms with Crippen LogP contribution in [-0.2, 0) is 16.6 Å². The second-order valence-corrected chi connectivity index (χ2v) is 7.20. The van der Waals surface area contributed by atoms with Gasteiger partial charge < -0.3 is 5.73 Å². The van der Waals surface area contributed by atoms with Crippen molar-refractivity contribution in [2.45, 2.75) is 43.7 Å². The summed E-state index contributed by atoms with van der Waals surface area (Å²) in [5.74, 6) is -0.750. The second-order valence-electron chi connectivity index (χ2n) is 4.93. The van der Waals surface area contributed by atoms with Crippen molar-refractivity contribution in [3.8, 4) is 0 Å². The van der Waals surface area contributed by atoms with Gasteiger partial charge in [0.1, 0.15) is 5.82 Å². The highest BCUT2D eigenvalue weighted by molar-refractivity contribution is 7.89. The lowest BCUT2D eigenvalue weighted by atomic mass is 10.2. The third kappa shape index (κ3) is 2.98. The van der Waals surface area contributed by atoms with Gasteiger partial charge in [-0.05, 0) is 37.0 Å². The minimum atomic E-state index is -3.69. The van der Waals surface area contributed by atoms with E-state index in [0.29, 0.717) is 12.1 Å². The van der Waals surface area contributed by atoms with E-state index in [-0.39, 0.29) is 22.5 Å². The number of hydrogen-bond donors (Lipinski definition) is 1. The molecule has 112 valence electrons. The molecular weight excluding hydrogens is 303 g/mol. The minimum absolute atomic E-state index is 0.00365. The highest BCUT2D eigenvalue weighted by Crippen LogP contribution is 2.33. The first-order valence-electron chi connectivity index (χ1n) is 6.61. The molecule has 0 amide bonds. The van der Waals surface area contributed by atoms with E-state index in [1.807, 2.05) is 6.92 Å². The Bertz CT molecular complexity index is 603. The Morgan fingerprint density at radius 3 is 2.60 bits per heavy atom. The Morgan fingerprint density at radius 1 is 1.45 bits per heavy atom. The van der Waals surface area contributed by atoms with Crippen molar-refractivity contribution in [2.24, 2.45) is 5.73 Å². The van der Waals surface area contributed by atoms with Gasteiger partial charge in [0.2, 0.25) is 10.0 Å². The summed E-state index contributed by atoms with van der Waals surface area (Å²) in [6, 6.07) is 2.38. The summed E-state index contributed by atoms with van der Waals surface area (Å²) in [5.41, 5.74) is 5.78. The summed E-state index contributed by atoms with van der Waals surface area (Å²) in [7, 11) is -3.69. The molecule has 1 aromatic carbocycles. The van der Waals surface area contributed by atoms with Gasteiger partial charge in [-0.2, -0.15) is 4.31 Å². The Kier molecular flexibility index (Phi) is 4.69. The van der Waals surface area contributed by atoms with E-state index in [9.17, 15) is 12.8 Å². The van der Waals surface area contributed by atoms with Gasteiger partial charge in [0.25, 0.3) is 0 Å². The summed E-state index contributed by atoms with van der Waals surface area (Å²) in [5, 5.41) is -0.111. The molecule has 2 rings (SSSR count). The van der Waals surface area contributed by atoms with Crippen LogP contribution in [0.4, 0.5) is 4.39 Å². The summed E-state index contributed by atoms with van der Waals surface area (Å²) in [6.45, 7) is 2.35. The fraction of sp³-hybridized carbons (Fsp3) is 0.538. The molecule has 0 aromatic heterocycles. The van der Waals surface area contributed by atoms with Gasteiger partial charge in [-0.25, -0.2) is 12.8 Å². The predicted molar refractivity (Wildman–Crippen MR) is 76.5 cm³/mol. The lowest BCUT2D eigenvalue weighted by Gasteiger charge is -2.21. The van der Waals surface area contributed by atoms with E-state index in [0.717, 1.165) is 25.3 Å². The van der Waals surface area contributed by atoms with Crippen molar-refractivity contribution >= 4 is 21.6 Å². The quantitative estimate of drug-likeness (QED) is 0.876. The van der Waals surface area contributed by atoms with Gasteiger partial charge >= 0.3 is 0 Å². The smallest absolute Gasteiger partial charge is 0.243 e. The summed E-state index contributed by atoms with van der Waals surface area (Å²) in [6.07, 6.45) is 2.44. The average molecular weight is 321 g/mol. The van der Waals surface area contributed by atoms with Gasteiger partial charge in [0.05, 0.1) is 9.92 Å². The van der Waals surface area contributed by atoms with Crippen molar-refractivity contribution in [3.63, 3.8) is 0 Å². The Morgan fingerprint density at radius 2 is 2.10 bits per heavy atom. The first-order chi connectivity index (χ1) is 9.41. The Labute approximate surface area is 123 Å². The molecule has 0 aliphatic heterocycles. The fourth-order valence-electron chi connectivity index (χ4n) is 2.13. The molecule has 0 unspecified atom stereocenters. The first kappa shape index (κ1) is 15.7. The van der Waals surface area contributed by atoms with Crippen molar-refractivity contribution in [2.75, 3.05) is 6.54 Å². The van der Waals surface area contributed by atoms with Crippen LogP contribution in [0.1, 0.15) is 31.7 Å². The van der Waals surface area contributed by atoms with Crippen molar-refractivity contribution in [3.05, 3.63) is 28.5 Å². The lowest BCUT2D eigenvalue weighted by molar-refractivity contribution is 0.403. The van der Waals surface area contributed by atoms with Gasteiger partial charge in [-0.3, -0.25) is 0 Å².